The first-order valence-electron chi connectivity index (χ1n) is 8.33. The van der Waals surface area contributed by atoms with Crippen LogP contribution in [0, 0.1) is 11.3 Å². The van der Waals surface area contributed by atoms with Gasteiger partial charge in [-0.25, -0.2) is 15.0 Å². The molecule has 3 heterocycles. The zero-order valence-electron chi connectivity index (χ0n) is 14.7. The van der Waals surface area contributed by atoms with Crippen molar-refractivity contribution in [3.8, 4) is 28.2 Å². The van der Waals surface area contributed by atoms with E-state index in [2.05, 4.69) is 32.9 Å². The van der Waals surface area contributed by atoms with Crippen molar-refractivity contribution in [2.75, 3.05) is 10.8 Å². The zero-order valence-corrected chi connectivity index (χ0v) is 17.1. The molecule has 0 spiro atoms. The number of pyridine rings is 1. The zero-order chi connectivity index (χ0) is 19.1. The average molecular weight is 416 g/mol. The molecule has 1 unspecified atom stereocenters. The molecule has 0 saturated heterocycles. The molecule has 0 fully saturated rings. The third-order valence-electron chi connectivity index (χ3n) is 3.59. The van der Waals surface area contributed by atoms with Crippen LogP contribution in [0.4, 0.5) is 0 Å². The lowest BCUT2D eigenvalue weighted by Gasteiger charge is -2.09. The fraction of sp³-hybridized carbons (Fsp3) is 0.278. The van der Waals surface area contributed by atoms with Gasteiger partial charge in [0.25, 0.3) is 0 Å². The van der Waals surface area contributed by atoms with Crippen molar-refractivity contribution in [3.05, 3.63) is 41.7 Å². The van der Waals surface area contributed by atoms with Crippen LogP contribution in [0.2, 0.25) is 0 Å². The molecule has 0 radical (unpaired) electrons. The van der Waals surface area contributed by atoms with Crippen molar-refractivity contribution in [2.24, 2.45) is 0 Å². The Labute approximate surface area is 168 Å². The van der Waals surface area contributed by atoms with Crippen molar-refractivity contribution in [1.29, 1.82) is 5.26 Å². The van der Waals surface area contributed by atoms with E-state index in [1.165, 1.54) is 23.1 Å². The number of thiazole rings is 1. The molecule has 0 amide bonds. The summed E-state index contributed by atoms with van der Waals surface area (Å²) >= 11 is 2.75. The third kappa shape index (κ3) is 4.97. The molecule has 138 valence electrons. The van der Waals surface area contributed by atoms with Crippen molar-refractivity contribution in [1.82, 2.24) is 19.9 Å². The van der Waals surface area contributed by atoms with Gasteiger partial charge in [-0.1, -0.05) is 25.1 Å². The minimum Gasteiger partial charge on any atom is -0.264 e. The standard InChI is InChI=1S/C18H17N5OS3/c1-2-3-9-27(24)12-26-17-14(10-19)15(18-21-7-8-25-18)22-16(23-17)13-5-4-6-20-11-13/h4-8,11H,2-3,9,12H2,1H3. The summed E-state index contributed by atoms with van der Waals surface area (Å²) in [5, 5.41) is 13.1. The van der Waals surface area contributed by atoms with E-state index in [0.29, 0.717) is 38.0 Å². The summed E-state index contributed by atoms with van der Waals surface area (Å²) in [7, 11) is -0.957. The summed E-state index contributed by atoms with van der Waals surface area (Å²) in [6, 6.07) is 5.89. The number of hydrogen-bond acceptors (Lipinski definition) is 8. The third-order valence-corrected chi connectivity index (χ3v) is 7.21. The quantitative estimate of drug-likeness (QED) is 0.403. The van der Waals surface area contributed by atoms with E-state index in [-0.39, 0.29) is 0 Å². The summed E-state index contributed by atoms with van der Waals surface area (Å²) in [6.07, 6.45) is 6.97. The number of nitriles is 1. The molecule has 0 saturated carbocycles. The van der Waals surface area contributed by atoms with Gasteiger partial charge < -0.3 is 0 Å². The van der Waals surface area contributed by atoms with Crippen LogP contribution >= 0.6 is 23.1 Å². The maximum absolute atomic E-state index is 12.2. The van der Waals surface area contributed by atoms with Crippen molar-refractivity contribution in [2.45, 2.75) is 24.8 Å². The Morgan fingerprint density at radius 2 is 2.22 bits per heavy atom. The van der Waals surface area contributed by atoms with E-state index in [0.717, 1.165) is 18.4 Å². The largest absolute Gasteiger partial charge is 0.264 e. The number of aromatic nitrogens is 4. The van der Waals surface area contributed by atoms with Crippen LogP contribution in [0.1, 0.15) is 25.3 Å². The molecule has 3 aromatic rings. The molecule has 6 nitrogen and oxygen atoms in total. The molecular weight excluding hydrogens is 398 g/mol. The SMILES string of the molecule is CCCCS(=O)CSc1nc(-c2cccnc2)nc(-c2nccs2)c1C#N. The maximum atomic E-state index is 12.2. The lowest BCUT2D eigenvalue weighted by atomic mass is 10.2. The van der Waals surface area contributed by atoms with Gasteiger partial charge in [-0.15, -0.1) is 11.3 Å². The summed E-state index contributed by atoms with van der Waals surface area (Å²) in [5.41, 5.74) is 1.63. The van der Waals surface area contributed by atoms with Gasteiger partial charge in [-0.05, 0) is 18.6 Å². The highest BCUT2D eigenvalue weighted by Gasteiger charge is 2.19. The molecule has 3 rings (SSSR count). The fourth-order valence-electron chi connectivity index (χ4n) is 2.25. The lowest BCUT2D eigenvalue weighted by Crippen LogP contribution is -2.03. The number of hydrogen-bond donors (Lipinski definition) is 0. The number of thioether (sulfide) groups is 1. The summed E-state index contributed by atoms with van der Waals surface area (Å²) in [5.74, 6) is 1.14. The van der Waals surface area contributed by atoms with E-state index in [1.807, 2.05) is 17.5 Å². The lowest BCUT2D eigenvalue weighted by molar-refractivity contribution is 0.682. The van der Waals surface area contributed by atoms with Crippen LogP contribution in [-0.2, 0) is 10.8 Å². The Morgan fingerprint density at radius 1 is 1.33 bits per heavy atom. The van der Waals surface area contributed by atoms with Gasteiger partial charge in [-0.3, -0.25) is 9.19 Å². The van der Waals surface area contributed by atoms with Crippen LogP contribution < -0.4 is 0 Å². The number of nitrogens with zero attached hydrogens (tertiary/aromatic N) is 5. The molecule has 1 atom stereocenters. The Balaban J connectivity index is 2.01. The van der Waals surface area contributed by atoms with Crippen LogP contribution in [0.15, 0.2) is 41.1 Å². The smallest absolute Gasteiger partial charge is 0.162 e. The molecule has 0 bridgehead atoms. The summed E-state index contributed by atoms with van der Waals surface area (Å²) in [6.45, 7) is 2.07. The normalized spacial score (nSPS) is 11.9. The van der Waals surface area contributed by atoms with Crippen LogP contribution in [-0.4, -0.2) is 35.0 Å². The summed E-state index contributed by atoms with van der Waals surface area (Å²) < 4.78 is 12.2. The van der Waals surface area contributed by atoms with Crippen LogP contribution in [0.25, 0.3) is 22.1 Å². The molecular formula is C18H17N5OS3. The first-order valence-corrected chi connectivity index (χ1v) is 11.7. The maximum Gasteiger partial charge on any atom is 0.162 e. The molecule has 0 aliphatic rings. The molecule has 0 aromatic carbocycles. The molecule has 3 aromatic heterocycles. The first-order chi connectivity index (χ1) is 13.2. The van der Waals surface area contributed by atoms with Gasteiger partial charge in [0.05, 0.1) is 5.08 Å². The van der Waals surface area contributed by atoms with E-state index in [4.69, 9.17) is 0 Å². The van der Waals surface area contributed by atoms with Gasteiger partial charge >= 0.3 is 0 Å². The predicted molar refractivity (Wildman–Crippen MR) is 110 cm³/mol. The Morgan fingerprint density at radius 3 is 2.89 bits per heavy atom. The molecule has 0 N–H and O–H groups in total. The number of rotatable bonds is 8. The highest BCUT2D eigenvalue weighted by atomic mass is 32.2. The van der Waals surface area contributed by atoms with Gasteiger partial charge in [0.2, 0.25) is 0 Å². The monoisotopic (exact) mass is 415 g/mol. The highest BCUT2D eigenvalue weighted by molar-refractivity contribution is 8.10. The Kier molecular flexibility index (Phi) is 7.04. The van der Waals surface area contributed by atoms with E-state index in [1.54, 1.807) is 18.6 Å². The topological polar surface area (TPSA) is 92.4 Å². The average Bonchev–Trinajstić information content (AvgIpc) is 3.25. The van der Waals surface area contributed by atoms with Crippen LogP contribution in [0.3, 0.4) is 0 Å². The van der Waals surface area contributed by atoms with Gasteiger partial charge in [0.15, 0.2) is 5.82 Å². The van der Waals surface area contributed by atoms with Gasteiger partial charge in [-0.2, -0.15) is 5.26 Å². The van der Waals surface area contributed by atoms with Gasteiger partial charge in [0.1, 0.15) is 27.4 Å². The molecule has 27 heavy (non-hydrogen) atoms. The van der Waals surface area contributed by atoms with Crippen molar-refractivity contribution < 1.29 is 4.21 Å². The number of unbranched alkanes of at least 4 members (excludes halogenated alkanes) is 1. The second-order valence-electron chi connectivity index (χ2n) is 5.53. The van der Waals surface area contributed by atoms with Crippen molar-refractivity contribution >= 4 is 33.9 Å². The second kappa shape index (κ2) is 9.69. The van der Waals surface area contributed by atoms with Gasteiger partial charge in [0, 0.05) is 46.1 Å². The predicted octanol–water partition coefficient (Wildman–Crippen LogP) is 4.13. The van der Waals surface area contributed by atoms with E-state index < -0.39 is 10.8 Å². The molecule has 0 aliphatic heterocycles. The fourth-order valence-corrected chi connectivity index (χ4v) is 5.37. The Bertz CT molecular complexity index is 955. The van der Waals surface area contributed by atoms with E-state index >= 15 is 0 Å². The van der Waals surface area contributed by atoms with E-state index in [9.17, 15) is 9.47 Å². The first kappa shape index (κ1) is 19.6. The molecule has 0 aliphatic carbocycles. The second-order valence-corrected chi connectivity index (χ2v) is 9.33. The van der Waals surface area contributed by atoms with Crippen LogP contribution in [0.5, 0.6) is 0 Å². The minimum atomic E-state index is -0.957. The molecule has 9 heteroatoms. The highest BCUT2D eigenvalue weighted by Crippen LogP contribution is 2.32. The Hall–Kier alpha value is -2.15. The minimum absolute atomic E-state index is 0.370. The summed E-state index contributed by atoms with van der Waals surface area (Å²) in [4.78, 5) is 17.6. The van der Waals surface area contributed by atoms with Crippen molar-refractivity contribution in [3.63, 3.8) is 0 Å².